The summed E-state index contributed by atoms with van der Waals surface area (Å²) in [5, 5.41) is 23.1. The summed E-state index contributed by atoms with van der Waals surface area (Å²) in [4.78, 5) is 24.5. The van der Waals surface area contributed by atoms with Gasteiger partial charge in [0.1, 0.15) is 0 Å². The van der Waals surface area contributed by atoms with Crippen molar-refractivity contribution in [2.24, 2.45) is 0 Å². The Kier molecular flexibility index (Phi) is 52.6. The van der Waals surface area contributed by atoms with Gasteiger partial charge >= 0.3 is 5.97 Å². The van der Waals surface area contributed by atoms with Gasteiger partial charge in [0.25, 0.3) is 0 Å². The van der Waals surface area contributed by atoms with E-state index >= 15 is 0 Å². The molecule has 1 amide bonds. The number of carbonyl (C=O) groups excluding carboxylic acids is 2. The van der Waals surface area contributed by atoms with Crippen molar-refractivity contribution < 1.29 is 24.5 Å². The molecule has 0 aromatic carbocycles. The molecule has 380 valence electrons. The van der Waals surface area contributed by atoms with Crippen molar-refractivity contribution in [3.8, 4) is 0 Å². The molecular formula is C59H109NO5. The highest BCUT2D eigenvalue weighted by molar-refractivity contribution is 5.76. The van der Waals surface area contributed by atoms with E-state index in [0.29, 0.717) is 19.4 Å². The zero-order chi connectivity index (χ0) is 47.2. The number of hydrogen-bond acceptors (Lipinski definition) is 5. The Labute approximate surface area is 404 Å². The zero-order valence-corrected chi connectivity index (χ0v) is 43.2. The van der Waals surface area contributed by atoms with Crippen LogP contribution in [0.1, 0.15) is 290 Å². The molecule has 3 N–H and O–H groups in total. The molecule has 0 bridgehead atoms. The molecule has 0 radical (unpaired) electrons. The van der Waals surface area contributed by atoms with Crippen LogP contribution in [0.5, 0.6) is 0 Å². The first-order chi connectivity index (χ1) is 32.0. The fraction of sp³-hybridized carbons (Fsp3) is 0.831. The van der Waals surface area contributed by atoms with Crippen molar-refractivity contribution in [1.29, 1.82) is 0 Å². The summed E-state index contributed by atoms with van der Waals surface area (Å²) < 4.78 is 5.47. The minimum Gasteiger partial charge on any atom is -0.466 e. The van der Waals surface area contributed by atoms with E-state index in [1.165, 1.54) is 186 Å². The number of esters is 1. The van der Waals surface area contributed by atoms with Crippen LogP contribution in [0.4, 0.5) is 0 Å². The molecule has 0 aromatic heterocycles. The summed E-state index contributed by atoms with van der Waals surface area (Å²) >= 11 is 0. The standard InChI is InChI=1S/C59H109NO5/c1-3-5-7-9-11-13-15-17-19-21-23-25-29-33-37-41-45-49-53-59(64)65-54-50-46-42-38-34-30-26-28-32-36-40-44-48-52-58(63)60-56(55-61)57(62)51-47-43-39-35-31-27-24-22-20-18-16-14-12-10-8-6-4-2/h13,15,19,21,28,32,47,51,56-57,61-62H,3-12,14,16-18,20,22-27,29-31,33-46,48-50,52-55H2,1-2H3,(H,60,63)/b15-13-,21-19-,32-28-,51-47+. The molecule has 0 aliphatic heterocycles. The van der Waals surface area contributed by atoms with E-state index in [4.69, 9.17) is 4.74 Å². The van der Waals surface area contributed by atoms with Crippen molar-refractivity contribution in [3.63, 3.8) is 0 Å². The summed E-state index contributed by atoms with van der Waals surface area (Å²) in [6.07, 6.45) is 68.3. The van der Waals surface area contributed by atoms with E-state index < -0.39 is 12.1 Å². The third-order valence-corrected chi connectivity index (χ3v) is 12.8. The van der Waals surface area contributed by atoms with Crippen LogP contribution < -0.4 is 5.32 Å². The van der Waals surface area contributed by atoms with Crippen molar-refractivity contribution in [2.45, 2.75) is 302 Å². The van der Waals surface area contributed by atoms with Crippen LogP contribution >= 0.6 is 0 Å². The first-order valence-corrected chi connectivity index (χ1v) is 28.4. The Bertz CT molecular complexity index is 1100. The Morgan fingerprint density at radius 3 is 1.22 bits per heavy atom. The quantitative estimate of drug-likeness (QED) is 0.0321. The van der Waals surface area contributed by atoms with Gasteiger partial charge in [-0.15, -0.1) is 0 Å². The number of aliphatic hydroxyl groups excluding tert-OH is 2. The number of unbranched alkanes of at least 4 members (excludes halogenated alkanes) is 35. The Balaban J connectivity index is 3.53. The molecule has 0 rings (SSSR count). The molecule has 0 aliphatic rings. The normalized spacial score (nSPS) is 13.0. The van der Waals surface area contributed by atoms with Gasteiger partial charge in [-0.1, -0.05) is 236 Å². The van der Waals surface area contributed by atoms with Crippen molar-refractivity contribution in [1.82, 2.24) is 5.32 Å². The van der Waals surface area contributed by atoms with Gasteiger partial charge in [0, 0.05) is 12.8 Å². The highest BCUT2D eigenvalue weighted by Gasteiger charge is 2.18. The highest BCUT2D eigenvalue weighted by Crippen LogP contribution is 2.16. The van der Waals surface area contributed by atoms with Gasteiger partial charge in [-0.05, 0) is 89.9 Å². The van der Waals surface area contributed by atoms with E-state index in [2.05, 4.69) is 55.6 Å². The van der Waals surface area contributed by atoms with Crippen LogP contribution in [0.2, 0.25) is 0 Å². The predicted molar refractivity (Wildman–Crippen MR) is 282 cm³/mol. The highest BCUT2D eigenvalue weighted by atomic mass is 16.5. The first kappa shape index (κ1) is 62.8. The van der Waals surface area contributed by atoms with E-state index in [0.717, 1.165) is 77.0 Å². The molecule has 65 heavy (non-hydrogen) atoms. The van der Waals surface area contributed by atoms with E-state index in [1.54, 1.807) is 6.08 Å². The Hall–Kier alpha value is -2.18. The van der Waals surface area contributed by atoms with Gasteiger partial charge in [-0.3, -0.25) is 9.59 Å². The van der Waals surface area contributed by atoms with Crippen LogP contribution in [0.15, 0.2) is 48.6 Å². The Morgan fingerprint density at radius 1 is 0.431 bits per heavy atom. The fourth-order valence-electron chi connectivity index (χ4n) is 8.42. The molecule has 0 spiro atoms. The number of rotatable bonds is 52. The van der Waals surface area contributed by atoms with E-state index in [1.807, 2.05) is 6.08 Å². The average molecular weight is 913 g/mol. The van der Waals surface area contributed by atoms with Gasteiger partial charge < -0.3 is 20.3 Å². The summed E-state index contributed by atoms with van der Waals surface area (Å²) in [5.74, 6) is -0.120. The largest absolute Gasteiger partial charge is 0.466 e. The fourth-order valence-corrected chi connectivity index (χ4v) is 8.42. The number of hydrogen-bond donors (Lipinski definition) is 3. The molecule has 0 aliphatic carbocycles. The lowest BCUT2D eigenvalue weighted by Gasteiger charge is -2.19. The summed E-state index contributed by atoms with van der Waals surface area (Å²) in [7, 11) is 0. The first-order valence-electron chi connectivity index (χ1n) is 28.4. The molecule has 0 saturated carbocycles. The maximum Gasteiger partial charge on any atom is 0.305 e. The van der Waals surface area contributed by atoms with Crippen molar-refractivity contribution >= 4 is 11.9 Å². The van der Waals surface area contributed by atoms with Crippen LogP contribution in [0, 0.1) is 0 Å². The maximum absolute atomic E-state index is 12.4. The summed E-state index contributed by atoms with van der Waals surface area (Å²) in [5.41, 5.74) is 0. The topological polar surface area (TPSA) is 95.9 Å². The SMILES string of the molecule is CCCCCC/C=C\C/C=C\CCCCCCCCCC(=O)OCCCCCCCC/C=C\CCCCCC(=O)NC(CO)C(O)/C=C/CCCCCCCCCCCCCCCCC. The number of nitrogens with one attached hydrogen (secondary N) is 1. The second-order valence-corrected chi connectivity index (χ2v) is 19.3. The van der Waals surface area contributed by atoms with Crippen LogP contribution in [0.3, 0.4) is 0 Å². The third-order valence-electron chi connectivity index (χ3n) is 12.8. The summed E-state index contributed by atoms with van der Waals surface area (Å²) in [6.45, 7) is 4.84. The lowest BCUT2D eigenvalue weighted by atomic mass is 10.0. The molecule has 6 heteroatoms. The molecule has 0 aromatic rings. The van der Waals surface area contributed by atoms with Gasteiger partial charge in [-0.2, -0.15) is 0 Å². The van der Waals surface area contributed by atoms with E-state index in [9.17, 15) is 19.8 Å². The van der Waals surface area contributed by atoms with E-state index in [-0.39, 0.29) is 18.5 Å². The number of allylic oxidation sites excluding steroid dienone is 7. The third kappa shape index (κ3) is 51.1. The molecule has 2 unspecified atom stereocenters. The Morgan fingerprint density at radius 2 is 0.769 bits per heavy atom. The smallest absolute Gasteiger partial charge is 0.305 e. The monoisotopic (exact) mass is 912 g/mol. The lowest BCUT2D eigenvalue weighted by Crippen LogP contribution is -2.45. The number of carbonyl (C=O) groups is 2. The predicted octanol–water partition coefficient (Wildman–Crippen LogP) is 17.4. The van der Waals surface area contributed by atoms with Crippen LogP contribution in [-0.2, 0) is 14.3 Å². The average Bonchev–Trinajstić information content (AvgIpc) is 3.31. The van der Waals surface area contributed by atoms with Gasteiger partial charge in [0.05, 0.1) is 25.4 Å². The van der Waals surface area contributed by atoms with Crippen LogP contribution in [-0.4, -0.2) is 47.4 Å². The maximum atomic E-state index is 12.4. The molecule has 0 heterocycles. The zero-order valence-electron chi connectivity index (χ0n) is 43.2. The van der Waals surface area contributed by atoms with Crippen LogP contribution in [0.25, 0.3) is 0 Å². The minimum absolute atomic E-state index is 0.0218. The van der Waals surface area contributed by atoms with Gasteiger partial charge in [-0.25, -0.2) is 0 Å². The minimum atomic E-state index is -0.863. The van der Waals surface area contributed by atoms with Crippen molar-refractivity contribution in [2.75, 3.05) is 13.2 Å². The molecule has 0 saturated heterocycles. The van der Waals surface area contributed by atoms with Gasteiger partial charge in [0.15, 0.2) is 0 Å². The second-order valence-electron chi connectivity index (χ2n) is 19.3. The number of amides is 1. The molecule has 2 atom stereocenters. The summed E-state index contributed by atoms with van der Waals surface area (Å²) in [6, 6.07) is -0.650. The number of ether oxygens (including phenoxy) is 1. The number of aliphatic hydroxyl groups is 2. The van der Waals surface area contributed by atoms with Gasteiger partial charge in [0.2, 0.25) is 5.91 Å². The molecule has 0 fully saturated rings. The lowest BCUT2D eigenvalue weighted by molar-refractivity contribution is -0.143. The molecule has 6 nitrogen and oxygen atoms in total. The van der Waals surface area contributed by atoms with Crippen molar-refractivity contribution in [3.05, 3.63) is 48.6 Å². The second kappa shape index (κ2) is 54.4. The molecular weight excluding hydrogens is 803 g/mol.